The van der Waals surface area contributed by atoms with Crippen LogP contribution in [0.5, 0.6) is 0 Å². The van der Waals surface area contributed by atoms with E-state index in [9.17, 15) is 0 Å². The lowest BCUT2D eigenvalue weighted by atomic mass is 10.1. The highest BCUT2D eigenvalue weighted by molar-refractivity contribution is 7.09. The molecule has 2 aromatic heterocycles. The van der Waals surface area contributed by atoms with Crippen LogP contribution in [0, 0.1) is 0 Å². The highest BCUT2D eigenvalue weighted by atomic mass is 32.1. The number of benzene rings is 1. The van der Waals surface area contributed by atoms with Crippen molar-refractivity contribution >= 4 is 11.3 Å². The van der Waals surface area contributed by atoms with Gasteiger partial charge in [-0.3, -0.25) is 4.90 Å². The van der Waals surface area contributed by atoms with Crippen LogP contribution in [-0.2, 0) is 26.1 Å². The Morgan fingerprint density at radius 1 is 1.15 bits per heavy atom. The van der Waals surface area contributed by atoms with Crippen molar-refractivity contribution in [2.45, 2.75) is 26.1 Å². The van der Waals surface area contributed by atoms with Crippen LogP contribution in [-0.4, -0.2) is 45.4 Å². The molecule has 0 unspecified atom stereocenters. The van der Waals surface area contributed by atoms with Gasteiger partial charge in [0.1, 0.15) is 5.01 Å². The summed E-state index contributed by atoms with van der Waals surface area (Å²) in [4.78, 5) is 18.7. The third-order valence-electron chi connectivity index (χ3n) is 4.48. The van der Waals surface area contributed by atoms with Crippen LogP contribution in [0.1, 0.15) is 22.0 Å². The van der Waals surface area contributed by atoms with E-state index in [0.29, 0.717) is 0 Å². The predicted octanol–water partition coefficient (Wildman–Crippen LogP) is 3.22. The molecule has 3 aromatic rings. The second-order valence-corrected chi connectivity index (χ2v) is 7.91. The molecule has 0 radical (unpaired) electrons. The molecule has 1 aliphatic rings. The highest BCUT2D eigenvalue weighted by Gasteiger charge is 2.19. The van der Waals surface area contributed by atoms with Gasteiger partial charge >= 0.3 is 0 Å². The quantitative estimate of drug-likeness (QED) is 0.695. The Morgan fingerprint density at radius 2 is 2.00 bits per heavy atom. The molecule has 3 heterocycles. The first-order chi connectivity index (χ1) is 12.7. The van der Waals surface area contributed by atoms with Crippen LogP contribution in [0.2, 0.25) is 0 Å². The van der Waals surface area contributed by atoms with E-state index in [2.05, 4.69) is 46.4 Å². The van der Waals surface area contributed by atoms with E-state index in [-0.39, 0.29) is 0 Å². The molecule has 0 saturated carbocycles. The van der Waals surface area contributed by atoms with Gasteiger partial charge in [0, 0.05) is 55.3 Å². The minimum atomic E-state index is 0.825. The molecule has 0 saturated heterocycles. The Hall–Kier alpha value is -2.15. The third kappa shape index (κ3) is 3.98. The second kappa shape index (κ2) is 7.61. The molecule has 6 heteroatoms. The van der Waals surface area contributed by atoms with Gasteiger partial charge in [-0.2, -0.15) is 0 Å². The maximum atomic E-state index is 4.80. The lowest BCUT2D eigenvalue weighted by Gasteiger charge is -2.27. The number of thiazole rings is 1. The summed E-state index contributed by atoms with van der Waals surface area (Å²) in [6.07, 6.45) is 2.96. The van der Waals surface area contributed by atoms with Crippen molar-refractivity contribution < 1.29 is 0 Å². The number of aromatic nitrogens is 3. The molecule has 0 bridgehead atoms. The Kier molecular flexibility index (Phi) is 5.06. The SMILES string of the molecule is CN(C)Cc1nc(CN2CCc3nc(-c4ccccc4)ncc3C2)cs1. The topological polar surface area (TPSA) is 45.2 Å². The first kappa shape index (κ1) is 17.3. The van der Waals surface area contributed by atoms with Crippen LogP contribution >= 0.6 is 11.3 Å². The summed E-state index contributed by atoms with van der Waals surface area (Å²) in [6, 6.07) is 10.2. The summed E-state index contributed by atoms with van der Waals surface area (Å²) in [7, 11) is 4.15. The summed E-state index contributed by atoms with van der Waals surface area (Å²) >= 11 is 1.75. The van der Waals surface area contributed by atoms with Crippen LogP contribution in [0.3, 0.4) is 0 Å². The van der Waals surface area contributed by atoms with Gasteiger partial charge in [-0.05, 0) is 14.1 Å². The summed E-state index contributed by atoms with van der Waals surface area (Å²) in [6.45, 7) is 3.71. The predicted molar refractivity (Wildman–Crippen MR) is 105 cm³/mol. The van der Waals surface area contributed by atoms with Crippen molar-refractivity contribution in [1.29, 1.82) is 0 Å². The molecule has 0 aliphatic carbocycles. The van der Waals surface area contributed by atoms with Crippen molar-refractivity contribution in [2.24, 2.45) is 0 Å². The van der Waals surface area contributed by atoms with E-state index in [0.717, 1.165) is 49.7 Å². The standard InChI is InChI=1S/C20H23N5S/c1-24(2)13-19-22-17(14-26-19)12-25-9-8-18-16(11-25)10-21-20(23-18)15-6-4-3-5-7-15/h3-7,10,14H,8-9,11-13H2,1-2H3. The van der Waals surface area contributed by atoms with E-state index in [4.69, 9.17) is 9.97 Å². The Balaban J connectivity index is 1.44. The maximum Gasteiger partial charge on any atom is 0.159 e. The number of rotatable bonds is 5. The monoisotopic (exact) mass is 365 g/mol. The van der Waals surface area contributed by atoms with Crippen molar-refractivity contribution in [3.63, 3.8) is 0 Å². The van der Waals surface area contributed by atoms with E-state index >= 15 is 0 Å². The lowest BCUT2D eigenvalue weighted by molar-refractivity contribution is 0.240. The van der Waals surface area contributed by atoms with E-state index in [1.807, 2.05) is 24.4 Å². The summed E-state index contributed by atoms with van der Waals surface area (Å²) < 4.78 is 0. The van der Waals surface area contributed by atoms with Gasteiger partial charge in [0.2, 0.25) is 0 Å². The molecule has 1 aliphatic heterocycles. The van der Waals surface area contributed by atoms with Crippen molar-refractivity contribution in [1.82, 2.24) is 24.8 Å². The fourth-order valence-electron chi connectivity index (χ4n) is 3.23. The molecule has 1 aromatic carbocycles. The fraction of sp³-hybridized carbons (Fsp3) is 0.350. The Bertz CT molecular complexity index is 875. The zero-order valence-electron chi connectivity index (χ0n) is 15.2. The number of hydrogen-bond donors (Lipinski definition) is 0. The zero-order valence-corrected chi connectivity index (χ0v) is 16.0. The molecule has 0 atom stereocenters. The third-order valence-corrected chi connectivity index (χ3v) is 5.36. The van der Waals surface area contributed by atoms with Gasteiger partial charge in [-0.25, -0.2) is 15.0 Å². The zero-order chi connectivity index (χ0) is 17.9. The van der Waals surface area contributed by atoms with Crippen molar-refractivity contribution in [3.05, 3.63) is 63.9 Å². The molecule has 5 nitrogen and oxygen atoms in total. The summed E-state index contributed by atoms with van der Waals surface area (Å²) in [5.41, 5.74) is 4.66. The number of fused-ring (bicyclic) bond motifs is 1. The van der Waals surface area contributed by atoms with E-state index in [1.54, 1.807) is 11.3 Å². The maximum absolute atomic E-state index is 4.80. The van der Waals surface area contributed by atoms with Gasteiger partial charge in [0.05, 0.1) is 11.4 Å². The van der Waals surface area contributed by atoms with Crippen LogP contribution in [0.25, 0.3) is 11.4 Å². The van der Waals surface area contributed by atoms with E-state index < -0.39 is 0 Å². The van der Waals surface area contributed by atoms with Gasteiger partial charge in [-0.15, -0.1) is 11.3 Å². The molecule has 0 N–H and O–H groups in total. The first-order valence-electron chi connectivity index (χ1n) is 8.88. The Morgan fingerprint density at radius 3 is 2.81 bits per heavy atom. The minimum absolute atomic E-state index is 0.825. The average Bonchev–Trinajstić information content (AvgIpc) is 3.08. The van der Waals surface area contributed by atoms with Gasteiger partial charge in [0.25, 0.3) is 0 Å². The normalized spacial score (nSPS) is 14.6. The molecule has 26 heavy (non-hydrogen) atoms. The van der Waals surface area contributed by atoms with Crippen LogP contribution in [0.15, 0.2) is 41.9 Å². The fourth-order valence-corrected chi connectivity index (χ4v) is 4.13. The molecule has 0 spiro atoms. The molecule has 0 amide bonds. The van der Waals surface area contributed by atoms with Crippen LogP contribution in [0.4, 0.5) is 0 Å². The Labute approximate surface area is 158 Å². The number of hydrogen-bond acceptors (Lipinski definition) is 6. The first-order valence-corrected chi connectivity index (χ1v) is 9.76. The summed E-state index contributed by atoms with van der Waals surface area (Å²) in [5, 5.41) is 3.36. The van der Waals surface area contributed by atoms with Gasteiger partial charge in [-0.1, -0.05) is 30.3 Å². The largest absolute Gasteiger partial charge is 0.303 e. The second-order valence-electron chi connectivity index (χ2n) is 6.96. The van der Waals surface area contributed by atoms with Gasteiger partial charge < -0.3 is 4.90 Å². The van der Waals surface area contributed by atoms with Crippen molar-refractivity contribution in [2.75, 3.05) is 20.6 Å². The average molecular weight is 366 g/mol. The van der Waals surface area contributed by atoms with Crippen LogP contribution < -0.4 is 0 Å². The highest BCUT2D eigenvalue weighted by Crippen LogP contribution is 2.22. The minimum Gasteiger partial charge on any atom is -0.303 e. The smallest absolute Gasteiger partial charge is 0.159 e. The molecule has 4 rings (SSSR count). The molecular weight excluding hydrogens is 342 g/mol. The van der Waals surface area contributed by atoms with E-state index in [1.165, 1.54) is 16.3 Å². The lowest BCUT2D eigenvalue weighted by Crippen LogP contribution is -2.31. The molecular formula is C20H23N5S. The molecule has 134 valence electrons. The summed E-state index contributed by atoms with van der Waals surface area (Å²) in [5.74, 6) is 0.825. The van der Waals surface area contributed by atoms with Gasteiger partial charge in [0.15, 0.2) is 5.82 Å². The van der Waals surface area contributed by atoms with Crippen molar-refractivity contribution in [3.8, 4) is 11.4 Å². The number of nitrogens with zero attached hydrogens (tertiary/aromatic N) is 5. The molecule has 0 fully saturated rings.